The van der Waals surface area contributed by atoms with Crippen molar-refractivity contribution in [2.24, 2.45) is 0 Å². The van der Waals surface area contributed by atoms with Gasteiger partial charge in [0, 0.05) is 25.6 Å². The normalized spacial score (nSPS) is 19.1. The number of amides is 2. The number of nitrogens with zero attached hydrogens (tertiary/aromatic N) is 3. The Hall–Kier alpha value is -3.16. The molecule has 1 N–H and O–H groups in total. The van der Waals surface area contributed by atoms with E-state index in [1.54, 1.807) is 16.7 Å². The third kappa shape index (κ3) is 4.33. The molecule has 1 aromatic heterocycles. The van der Waals surface area contributed by atoms with Crippen LogP contribution in [0.4, 0.5) is 0 Å². The van der Waals surface area contributed by atoms with Crippen LogP contribution in [0.15, 0.2) is 29.1 Å². The maximum Gasteiger partial charge on any atom is 0.263 e. The molecule has 0 aliphatic carbocycles. The van der Waals surface area contributed by atoms with E-state index in [9.17, 15) is 14.4 Å². The van der Waals surface area contributed by atoms with Crippen molar-refractivity contribution >= 4 is 11.8 Å². The van der Waals surface area contributed by atoms with Gasteiger partial charge < -0.3 is 19.5 Å². The van der Waals surface area contributed by atoms with Crippen LogP contribution in [0.2, 0.25) is 0 Å². The molecule has 164 valence electrons. The third-order valence-electron chi connectivity index (χ3n) is 6.07. The average Bonchev–Trinajstić information content (AvgIpc) is 3.24. The first-order valence-corrected chi connectivity index (χ1v) is 10.7. The lowest BCUT2D eigenvalue weighted by Gasteiger charge is -2.29. The number of carbonyl (C=O) groups is 2. The van der Waals surface area contributed by atoms with Crippen molar-refractivity contribution in [3.05, 3.63) is 57.3 Å². The van der Waals surface area contributed by atoms with Gasteiger partial charge in [-0.1, -0.05) is 17.7 Å². The first-order valence-electron chi connectivity index (χ1n) is 10.7. The molecule has 0 bridgehead atoms. The van der Waals surface area contributed by atoms with Crippen molar-refractivity contribution < 1.29 is 14.3 Å². The van der Waals surface area contributed by atoms with Gasteiger partial charge in [-0.3, -0.25) is 14.4 Å². The maximum absolute atomic E-state index is 13.1. The molecule has 8 heteroatoms. The van der Waals surface area contributed by atoms with Crippen molar-refractivity contribution in [3.8, 4) is 5.75 Å². The van der Waals surface area contributed by atoms with E-state index in [0.717, 1.165) is 18.4 Å². The van der Waals surface area contributed by atoms with Gasteiger partial charge in [0.2, 0.25) is 5.91 Å². The summed E-state index contributed by atoms with van der Waals surface area (Å²) in [6.07, 6.45) is 1.39. The smallest absolute Gasteiger partial charge is 0.263 e. The molecular weight excluding hydrogens is 396 g/mol. The number of fused-ring (bicyclic) bond motifs is 1. The predicted molar refractivity (Wildman–Crippen MR) is 115 cm³/mol. The minimum absolute atomic E-state index is 0.0333. The van der Waals surface area contributed by atoms with Gasteiger partial charge in [-0.15, -0.1) is 0 Å². The number of hydrogen-bond donors (Lipinski definition) is 1. The molecule has 31 heavy (non-hydrogen) atoms. The zero-order chi connectivity index (χ0) is 22.1. The molecule has 2 amide bonds. The Labute approximate surface area is 181 Å². The summed E-state index contributed by atoms with van der Waals surface area (Å²) in [4.78, 5) is 48.6. The molecule has 2 atom stereocenters. The highest BCUT2D eigenvalue weighted by atomic mass is 16.5. The van der Waals surface area contributed by atoms with Gasteiger partial charge in [-0.2, -0.15) is 0 Å². The number of likely N-dealkylation sites (tertiary alicyclic amines) is 1. The molecule has 2 aromatic rings. The molecule has 1 fully saturated rings. The zero-order valence-electron chi connectivity index (χ0n) is 18.2. The van der Waals surface area contributed by atoms with Gasteiger partial charge in [-0.25, -0.2) is 4.98 Å². The monoisotopic (exact) mass is 424 g/mol. The van der Waals surface area contributed by atoms with Crippen LogP contribution in [-0.4, -0.2) is 50.8 Å². The van der Waals surface area contributed by atoms with Gasteiger partial charge in [0.1, 0.15) is 11.6 Å². The summed E-state index contributed by atoms with van der Waals surface area (Å²) in [7, 11) is 0. The average molecular weight is 425 g/mol. The molecule has 2 aliphatic heterocycles. The zero-order valence-corrected chi connectivity index (χ0v) is 18.2. The molecule has 2 unspecified atom stereocenters. The highest BCUT2D eigenvalue weighted by Crippen LogP contribution is 2.31. The number of aromatic amines is 1. The molecular formula is C23H28N4O4. The van der Waals surface area contributed by atoms with E-state index in [4.69, 9.17) is 9.72 Å². The van der Waals surface area contributed by atoms with Crippen molar-refractivity contribution in [3.63, 3.8) is 0 Å². The van der Waals surface area contributed by atoms with Gasteiger partial charge in [0.25, 0.3) is 11.5 Å². The number of aromatic nitrogens is 2. The standard InChI is InChI=1S/C23H28N4O4/c1-14-6-8-17(9-7-14)31-15(2)23(30)27-11-4-5-20(27)21-24-19-13-26(16(3)28)12-10-18(19)22(29)25-21/h6-9,15,20H,4-5,10-13H2,1-3H3,(H,24,25,29). The largest absolute Gasteiger partial charge is 0.481 e. The van der Waals surface area contributed by atoms with Crippen LogP contribution in [0, 0.1) is 6.92 Å². The second kappa shape index (κ2) is 8.53. The predicted octanol–water partition coefficient (Wildman–Crippen LogP) is 2.11. The summed E-state index contributed by atoms with van der Waals surface area (Å²) in [5.41, 5.74) is 2.21. The number of carbonyl (C=O) groups excluding carboxylic acids is 2. The number of hydrogen-bond acceptors (Lipinski definition) is 5. The lowest BCUT2D eigenvalue weighted by Crippen LogP contribution is -2.42. The molecule has 0 saturated carbocycles. The van der Waals surface area contributed by atoms with Crippen LogP contribution >= 0.6 is 0 Å². The number of H-pyrrole nitrogens is 1. The first kappa shape index (κ1) is 21.1. The Morgan fingerprint density at radius 1 is 1.23 bits per heavy atom. The van der Waals surface area contributed by atoms with Gasteiger partial charge in [0.15, 0.2) is 6.10 Å². The minimum atomic E-state index is -0.652. The van der Waals surface area contributed by atoms with Crippen LogP contribution in [0.25, 0.3) is 0 Å². The number of nitrogens with one attached hydrogen (secondary N) is 1. The molecule has 8 nitrogen and oxygen atoms in total. The van der Waals surface area contributed by atoms with E-state index in [0.29, 0.717) is 48.9 Å². The van der Waals surface area contributed by atoms with Crippen LogP contribution in [-0.2, 0) is 22.6 Å². The Bertz CT molecular complexity index is 1050. The van der Waals surface area contributed by atoms with E-state index < -0.39 is 6.10 Å². The van der Waals surface area contributed by atoms with E-state index in [-0.39, 0.29) is 23.4 Å². The molecule has 4 rings (SSSR count). The summed E-state index contributed by atoms with van der Waals surface area (Å²) in [6, 6.07) is 7.28. The lowest BCUT2D eigenvalue weighted by molar-refractivity contribution is -0.139. The lowest BCUT2D eigenvalue weighted by atomic mass is 10.1. The van der Waals surface area contributed by atoms with Crippen LogP contribution in [0.1, 0.15) is 55.4 Å². The second-order valence-electron chi connectivity index (χ2n) is 8.33. The maximum atomic E-state index is 13.1. The van der Waals surface area contributed by atoms with Crippen LogP contribution in [0.5, 0.6) is 5.75 Å². The fourth-order valence-electron chi connectivity index (χ4n) is 4.31. The first-order chi connectivity index (χ1) is 14.8. The number of benzene rings is 1. The van der Waals surface area contributed by atoms with Gasteiger partial charge in [-0.05, 0) is 45.2 Å². The number of rotatable bonds is 4. The number of aryl methyl sites for hydroxylation is 1. The van der Waals surface area contributed by atoms with Crippen molar-refractivity contribution in [2.45, 2.75) is 58.7 Å². The third-order valence-corrected chi connectivity index (χ3v) is 6.07. The Morgan fingerprint density at radius 3 is 2.68 bits per heavy atom. The summed E-state index contributed by atoms with van der Waals surface area (Å²) < 4.78 is 5.85. The van der Waals surface area contributed by atoms with E-state index in [1.165, 1.54) is 6.92 Å². The van der Waals surface area contributed by atoms with Crippen molar-refractivity contribution in [1.29, 1.82) is 0 Å². The quantitative estimate of drug-likeness (QED) is 0.811. The Kier molecular flexibility index (Phi) is 5.80. The van der Waals surface area contributed by atoms with Crippen LogP contribution < -0.4 is 10.3 Å². The Balaban J connectivity index is 1.54. The fraction of sp³-hybridized carbons (Fsp3) is 0.478. The second-order valence-corrected chi connectivity index (χ2v) is 8.33. The summed E-state index contributed by atoms with van der Waals surface area (Å²) in [5.74, 6) is 0.970. The molecule has 0 radical (unpaired) electrons. The van der Waals surface area contributed by atoms with E-state index in [2.05, 4.69) is 4.98 Å². The summed E-state index contributed by atoms with van der Waals surface area (Å²) in [6.45, 7) is 6.70. The molecule has 0 spiro atoms. The molecule has 1 saturated heterocycles. The Morgan fingerprint density at radius 2 is 1.97 bits per heavy atom. The van der Waals surface area contributed by atoms with Crippen LogP contribution in [0.3, 0.4) is 0 Å². The van der Waals surface area contributed by atoms with Gasteiger partial charge >= 0.3 is 0 Å². The minimum Gasteiger partial charge on any atom is -0.481 e. The molecule has 1 aromatic carbocycles. The van der Waals surface area contributed by atoms with E-state index >= 15 is 0 Å². The molecule has 2 aliphatic rings. The fourth-order valence-corrected chi connectivity index (χ4v) is 4.31. The highest BCUT2D eigenvalue weighted by Gasteiger charge is 2.35. The van der Waals surface area contributed by atoms with Gasteiger partial charge in [0.05, 0.1) is 18.3 Å². The molecule has 3 heterocycles. The van der Waals surface area contributed by atoms with E-state index in [1.807, 2.05) is 31.2 Å². The SMILES string of the molecule is CC(=O)N1CCc2c(nc(C3CCCN3C(=O)C(C)Oc3ccc(C)cc3)[nH]c2=O)C1. The summed E-state index contributed by atoms with van der Waals surface area (Å²) >= 11 is 0. The highest BCUT2D eigenvalue weighted by molar-refractivity contribution is 5.81. The van der Waals surface area contributed by atoms with Crippen molar-refractivity contribution in [1.82, 2.24) is 19.8 Å². The topological polar surface area (TPSA) is 95.6 Å². The van der Waals surface area contributed by atoms with Crippen molar-refractivity contribution in [2.75, 3.05) is 13.1 Å². The number of ether oxygens (including phenoxy) is 1. The summed E-state index contributed by atoms with van der Waals surface area (Å²) in [5, 5.41) is 0.